The Morgan fingerprint density at radius 3 is 2.89 bits per heavy atom. The van der Waals surface area contributed by atoms with Crippen LogP contribution in [0.4, 0.5) is 0 Å². The molecular formula is C12H15N3O3. The summed E-state index contributed by atoms with van der Waals surface area (Å²) in [7, 11) is 0. The molecule has 0 spiro atoms. The van der Waals surface area contributed by atoms with E-state index in [1.54, 1.807) is 4.90 Å². The molecule has 2 heterocycles. The number of hydrogen-bond donors (Lipinski definition) is 1. The third-order valence-electron chi connectivity index (χ3n) is 3.20. The predicted octanol–water partition coefficient (Wildman–Crippen LogP) is 0.211. The highest BCUT2D eigenvalue weighted by Gasteiger charge is 2.29. The molecule has 1 fully saturated rings. The Morgan fingerprint density at radius 1 is 1.50 bits per heavy atom. The molecular weight excluding hydrogens is 234 g/mol. The molecule has 6 heteroatoms. The molecule has 1 aromatic heterocycles. The Bertz CT molecular complexity index is 503. The largest absolute Gasteiger partial charge is 0.336 e. The van der Waals surface area contributed by atoms with Crippen LogP contribution in [0.5, 0.6) is 0 Å². The van der Waals surface area contributed by atoms with E-state index in [1.807, 2.05) is 6.92 Å². The smallest absolute Gasteiger partial charge is 0.274 e. The fourth-order valence-corrected chi connectivity index (χ4v) is 2.08. The van der Waals surface area contributed by atoms with Crippen LogP contribution in [0.2, 0.25) is 0 Å². The summed E-state index contributed by atoms with van der Waals surface area (Å²) in [5.41, 5.74) is -0.134. The molecule has 18 heavy (non-hydrogen) atoms. The van der Waals surface area contributed by atoms with Crippen LogP contribution in [0.15, 0.2) is 16.9 Å². The molecule has 1 unspecified atom stereocenters. The van der Waals surface area contributed by atoms with Crippen LogP contribution < -0.4 is 5.56 Å². The molecule has 0 aromatic carbocycles. The van der Waals surface area contributed by atoms with Crippen molar-refractivity contribution in [2.24, 2.45) is 5.92 Å². The van der Waals surface area contributed by atoms with Crippen LogP contribution in [-0.2, 0) is 4.79 Å². The summed E-state index contributed by atoms with van der Waals surface area (Å²) < 4.78 is 0. The molecule has 1 aromatic rings. The van der Waals surface area contributed by atoms with Crippen LogP contribution in [0.25, 0.3) is 0 Å². The van der Waals surface area contributed by atoms with Crippen LogP contribution in [0.3, 0.4) is 0 Å². The summed E-state index contributed by atoms with van der Waals surface area (Å²) in [6.07, 6.45) is 1.13. The Kier molecular flexibility index (Phi) is 3.55. The molecule has 1 aliphatic rings. The average molecular weight is 249 g/mol. The lowest BCUT2D eigenvalue weighted by Crippen LogP contribution is -2.44. The van der Waals surface area contributed by atoms with Crippen molar-refractivity contribution in [3.8, 4) is 0 Å². The highest BCUT2D eigenvalue weighted by Crippen LogP contribution is 2.17. The van der Waals surface area contributed by atoms with E-state index in [4.69, 9.17) is 0 Å². The fraction of sp³-hybridized carbons (Fsp3) is 0.500. The van der Waals surface area contributed by atoms with E-state index in [0.29, 0.717) is 19.5 Å². The number of likely N-dealkylation sites (tertiary alicyclic amines) is 1. The maximum Gasteiger partial charge on any atom is 0.274 e. The summed E-state index contributed by atoms with van der Waals surface area (Å²) >= 11 is 0. The van der Waals surface area contributed by atoms with Gasteiger partial charge in [-0.05, 0) is 12.5 Å². The minimum Gasteiger partial charge on any atom is -0.336 e. The van der Waals surface area contributed by atoms with Gasteiger partial charge in [0, 0.05) is 31.5 Å². The number of nitrogens with zero attached hydrogens (tertiary/aromatic N) is 2. The van der Waals surface area contributed by atoms with Crippen molar-refractivity contribution >= 4 is 11.7 Å². The van der Waals surface area contributed by atoms with Crippen LogP contribution in [0, 0.1) is 5.92 Å². The zero-order valence-corrected chi connectivity index (χ0v) is 10.2. The molecule has 96 valence electrons. The van der Waals surface area contributed by atoms with E-state index in [2.05, 4.69) is 10.2 Å². The van der Waals surface area contributed by atoms with Gasteiger partial charge < -0.3 is 4.90 Å². The Hall–Kier alpha value is -1.98. The highest BCUT2D eigenvalue weighted by molar-refractivity contribution is 5.93. The first-order valence-electron chi connectivity index (χ1n) is 5.99. The molecule has 0 saturated carbocycles. The van der Waals surface area contributed by atoms with Crippen LogP contribution in [0.1, 0.15) is 30.3 Å². The molecule has 1 aliphatic heterocycles. The zero-order chi connectivity index (χ0) is 13.1. The summed E-state index contributed by atoms with van der Waals surface area (Å²) in [6, 6.07) is 2.67. The number of carbonyl (C=O) groups excluding carboxylic acids is 2. The quantitative estimate of drug-likeness (QED) is 0.812. The van der Waals surface area contributed by atoms with Crippen LogP contribution in [-0.4, -0.2) is 39.9 Å². The highest BCUT2D eigenvalue weighted by atomic mass is 16.2. The predicted molar refractivity (Wildman–Crippen MR) is 64.2 cm³/mol. The Balaban J connectivity index is 2.12. The monoisotopic (exact) mass is 249 g/mol. The number of piperidine rings is 1. The normalized spacial score (nSPS) is 19.9. The minimum atomic E-state index is -0.341. The van der Waals surface area contributed by atoms with Gasteiger partial charge in [0.25, 0.3) is 11.5 Å². The second kappa shape index (κ2) is 5.12. The van der Waals surface area contributed by atoms with Gasteiger partial charge in [0.15, 0.2) is 0 Å². The molecule has 1 N–H and O–H groups in total. The number of hydrogen-bond acceptors (Lipinski definition) is 4. The standard InChI is InChI=1S/C12H15N3O3/c1-2-8-7-15(6-5-10(8)16)12(18)9-3-4-11(17)14-13-9/h3-4,8H,2,5-7H2,1H3,(H,14,17). The molecule has 0 radical (unpaired) electrons. The second-order valence-corrected chi connectivity index (χ2v) is 4.38. The maximum absolute atomic E-state index is 12.1. The van der Waals surface area contributed by atoms with E-state index in [-0.39, 0.29) is 28.9 Å². The summed E-state index contributed by atoms with van der Waals surface area (Å²) in [6.45, 7) is 2.80. The molecule has 1 saturated heterocycles. The number of aromatic amines is 1. The van der Waals surface area contributed by atoms with Gasteiger partial charge >= 0.3 is 0 Å². The lowest BCUT2D eigenvalue weighted by Gasteiger charge is -2.30. The van der Waals surface area contributed by atoms with Crippen molar-refractivity contribution in [3.63, 3.8) is 0 Å². The van der Waals surface area contributed by atoms with Crippen molar-refractivity contribution in [3.05, 3.63) is 28.2 Å². The van der Waals surface area contributed by atoms with Gasteiger partial charge in [0.2, 0.25) is 0 Å². The van der Waals surface area contributed by atoms with Crippen molar-refractivity contribution in [1.29, 1.82) is 0 Å². The van der Waals surface area contributed by atoms with E-state index < -0.39 is 0 Å². The van der Waals surface area contributed by atoms with E-state index in [0.717, 1.165) is 6.42 Å². The molecule has 6 nitrogen and oxygen atoms in total. The number of amides is 1. The van der Waals surface area contributed by atoms with Gasteiger partial charge in [-0.25, -0.2) is 5.10 Å². The van der Waals surface area contributed by atoms with Gasteiger partial charge in [-0.2, -0.15) is 5.10 Å². The van der Waals surface area contributed by atoms with E-state index in [9.17, 15) is 14.4 Å². The zero-order valence-electron chi connectivity index (χ0n) is 10.2. The number of ketones is 1. The molecule has 0 aliphatic carbocycles. The van der Waals surface area contributed by atoms with E-state index >= 15 is 0 Å². The second-order valence-electron chi connectivity index (χ2n) is 4.38. The van der Waals surface area contributed by atoms with Crippen molar-refractivity contribution < 1.29 is 9.59 Å². The van der Waals surface area contributed by atoms with Gasteiger partial charge in [-0.1, -0.05) is 6.92 Å². The lowest BCUT2D eigenvalue weighted by atomic mass is 9.94. The van der Waals surface area contributed by atoms with Crippen molar-refractivity contribution in [2.75, 3.05) is 13.1 Å². The fourth-order valence-electron chi connectivity index (χ4n) is 2.08. The number of Topliss-reactive ketones (excluding diaryl/α,β-unsaturated/α-hetero) is 1. The van der Waals surface area contributed by atoms with E-state index in [1.165, 1.54) is 12.1 Å². The molecule has 1 amide bonds. The number of rotatable bonds is 2. The number of nitrogens with one attached hydrogen (secondary N) is 1. The van der Waals surface area contributed by atoms with Crippen molar-refractivity contribution in [1.82, 2.24) is 15.1 Å². The number of H-pyrrole nitrogens is 1. The first-order valence-corrected chi connectivity index (χ1v) is 5.99. The minimum absolute atomic E-state index is 0.0783. The van der Waals surface area contributed by atoms with Gasteiger partial charge in [0.1, 0.15) is 11.5 Å². The average Bonchev–Trinajstić information content (AvgIpc) is 2.39. The molecule has 2 rings (SSSR count). The van der Waals surface area contributed by atoms with Crippen molar-refractivity contribution in [2.45, 2.75) is 19.8 Å². The van der Waals surface area contributed by atoms with Gasteiger partial charge in [-0.3, -0.25) is 14.4 Å². The number of carbonyl (C=O) groups is 2. The number of aromatic nitrogens is 2. The third-order valence-corrected chi connectivity index (χ3v) is 3.20. The Labute approximate surface area is 104 Å². The Morgan fingerprint density at radius 2 is 2.28 bits per heavy atom. The van der Waals surface area contributed by atoms with Gasteiger partial charge in [0.05, 0.1) is 0 Å². The topological polar surface area (TPSA) is 83.1 Å². The lowest BCUT2D eigenvalue weighted by molar-refractivity contribution is -0.125. The first kappa shape index (κ1) is 12.5. The first-order chi connectivity index (χ1) is 8.61. The third kappa shape index (κ3) is 2.47. The SMILES string of the molecule is CCC1CN(C(=O)c2ccc(=O)[nH]n2)CCC1=O. The maximum atomic E-state index is 12.1. The van der Waals surface area contributed by atoms with Gasteiger partial charge in [-0.15, -0.1) is 0 Å². The summed E-state index contributed by atoms with van der Waals surface area (Å²) in [4.78, 5) is 36.2. The van der Waals surface area contributed by atoms with Crippen LogP contribution >= 0.6 is 0 Å². The molecule has 1 atom stereocenters. The summed E-state index contributed by atoms with van der Waals surface area (Å²) in [5, 5.41) is 5.94. The molecule has 0 bridgehead atoms. The summed E-state index contributed by atoms with van der Waals surface area (Å²) in [5.74, 6) is -0.0985.